The number of piperazine rings is 1. The lowest BCUT2D eigenvalue weighted by Gasteiger charge is -2.37. The van der Waals surface area contributed by atoms with Crippen LogP contribution >= 0.6 is 0 Å². The van der Waals surface area contributed by atoms with Gasteiger partial charge in [-0.1, -0.05) is 51.5 Å². The Balaban J connectivity index is 0.000000263. The molecule has 14 nitrogen and oxygen atoms in total. The number of nitrogens with one attached hydrogen (secondary N) is 3. The number of imide groups is 1. The second kappa shape index (κ2) is 27.1. The first-order chi connectivity index (χ1) is 32.9. The van der Waals surface area contributed by atoms with Crippen LogP contribution in [0.4, 0.5) is 27.4 Å². The number of aryl methyl sites for hydroxylation is 2. The van der Waals surface area contributed by atoms with Crippen LogP contribution in [0.2, 0.25) is 0 Å². The zero-order chi connectivity index (χ0) is 49.9. The van der Waals surface area contributed by atoms with E-state index in [-0.39, 0.29) is 30.2 Å². The summed E-state index contributed by atoms with van der Waals surface area (Å²) in [5, 5.41) is 9.18. The van der Waals surface area contributed by atoms with Gasteiger partial charge in [-0.05, 0) is 121 Å². The first-order valence-corrected chi connectivity index (χ1v) is 24.4. The van der Waals surface area contributed by atoms with Gasteiger partial charge in [0.15, 0.2) is 5.82 Å². The van der Waals surface area contributed by atoms with Crippen molar-refractivity contribution < 1.29 is 28.4 Å². The molecule has 0 spiro atoms. The number of fused-ring (bicyclic) bond motifs is 2. The highest BCUT2D eigenvalue weighted by Crippen LogP contribution is 2.37. The normalized spacial score (nSPS) is 15.8. The highest BCUT2D eigenvalue weighted by Gasteiger charge is 2.42. The molecule has 3 aromatic carbocycles. The maximum Gasteiger partial charge on any atom is 0.264 e. The molecule has 4 aromatic rings. The Labute approximate surface area is 403 Å². The Morgan fingerprint density at radius 2 is 1.56 bits per heavy atom. The van der Waals surface area contributed by atoms with Crippen LogP contribution in [0.1, 0.15) is 111 Å². The molecule has 0 bridgehead atoms. The fraction of sp³-hybridized carbons (Fsp3) is 0.491. The molecule has 5 heterocycles. The predicted molar refractivity (Wildman–Crippen MR) is 272 cm³/mol. The highest BCUT2D eigenvalue weighted by atomic mass is 19.1. The second-order valence-electron chi connectivity index (χ2n) is 17.0. The molecule has 8 rings (SSSR count). The van der Waals surface area contributed by atoms with Crippen LogP contribution in [0.15, 0.2) is 60.8 Å². The van der Waals surface area contributed by atoms with E-state index in [9.17, 15) is 28.4 Å². The van der Waals surface area contributed by atoms with E-state index in [0.717, 1.165) is 61.7 Å². The van der Waals surface area contributed by atoms with Crippen LogP contribution < -0.4 is 25.8 Å². The van der Waals surface area contributed by atoms with Crippen molar-refractivity contribution >= 4 is 53.3 Å². The first kappa shape index (κ1) is 54.5. The summed E-state index contributed by atoms with van der Waals surface area (Å²) in [7, 11) is 3.75. The number of piperidine rings is 1. The van der Waals surface area contributed by atoms with Gasteiger partial charge in [-0.3, -0.25) is 19.3 Å². The second-order valence-corrected chi connectivity index (χ2v) is 17.0. The number of nitrogens with zero attached hydrogens (tertiary/aromatic N) is 6. The van der Waals surface area contributed by atoms with Crippen molar-refractivity contribution in [1.82, 2.24) is 30.4 Å². The average molecular weight is 936 g/mol. The van der Waals surface area contributed by atoms with Gasteiger partial charge in [0.25, 0.3) is 11.8 Å². The molecule has 1 aromatic heterocycles. The monoisotopic (exact) mass is 936 g/mol. The van der Waals surface area contributed by atoms with Gasteiger partial charge < -0.3 is 40.2 Å². The molecular weight excluding hydrogens is 862 g/mol. The molecule has 1 unspecified atom stereocenters. The molecule has 3 amide bonds. The number of anilines is 4. The predicted octanol–water partition coefficient (Wildman–Crippen LogP) is 8.17. The standard InChI is InChI=1S/C24H27FN4.C23H28N4O5.C2H7N.2C2H6/c1-15(2)29-11-5-6-20-17(4)12-18(13-22(20)29)23-21(25)14-26-24(28-23)27-19-9-7-16(3)8-10-19;28-14-2-3-17(15-29)27-22(31)18-4-1-5-19(20(18)23(27)32)25-10-6-16(7-11-25)21(30)26-12-8-24-9-13-26;1-3-2;2*1-2/h7-10,12-15H,5-6,11H2,1-4H3,(H,26,27,28);1,4-5,14-17,24H,2-3,6-13H2;3H,1-2H3;2*1-2H3. The lowest BCUT2D eigenvalue weighted by atomic mass is 9.93. The molecule has 68 heavy (non-hydrogen) atoms. The van der Waals surface area contributed by atoms with Crippen molar-refractivity contribution in [3.63, 3.8) is 0 Å². The fourth-order valence-electron chi connectivity index (χ4n) is 8.85. The van der Waals surface area contributed by atoms with E-state index in [1.807, 2.05) is 90.0 Å². The third-order valence-electron chi connectivity index (χ3n) is 12.1. The molecule has 368 valence electrons. The van der Waals surface area contributed by atoms with E-state index in [2.05, 4.69) is 62.6 Å². The number of hydrogen-bond acceptors (Lipinski definition) is 12. The Morgan fingerprint density at radius 3 is 2.18 bits per heavy atom. The zero-order valence-corrected chi connectivity index (χ0v) is 42.0. The van der Waals surface area contributed by atoms with Crippen molar-refractivity contribution in [3.05, 3.63) is 94.4 Å². The number of aromatic nitrogens is 2. The van der Waals surface area contributed by atoms with Gasteiger partial charge in [-0.25, -0.2) is 14.4 Å². The van der Waals surface area contributed by atoms with Crippen LogP contribution in [0.25, 0.3) is 11.3 Å². The summed E-state index contributed by atoms with van der Waals surface area (Å²) in [6.45, 7) is 21.9. The Kier molecular flexibility index (Phi) is 21.7. The summed E-state index contributed by atoms with van der Waals surface area (Å²) in [5.74, 6) is -0.850. The van der Waals surface area contributed by atoms with Crippen LogP contribution in [-0.4, -0.2) is 122 Å². The van der Waals surface area contributed by atoms with Crippen LogP contribution in [-0.2, 0) is 20.8 Å². The zero-order valence-electron chi connectivity index (χ0n) is 42.0. The van der Waals surface area contributed by atoms with E-state index in [0.29, 0.717) is 67.4 Å². The van der Waals surface area contributed by atoms with Crippen molar-refractivity contribution in [3.8, 4) is 11.3 Å². The molecule has 0 radical (unpaired) electrons. The summed E-state index contributed by atoms with van der Waals surface area (Å²) in [6, 6.07) is 16.7. The number of carbonyl (C=O) groups excluding carboxylic acids is 5. The minimum Gasteiger partial charge on any atom is -0.371 e. The quantitative estimate of drug-likeness (QED) is 0.0980. The number of amides is 3. The highest BCUT2D eigenvalue weighted by molar-refractivity contribution is 6.24. The molecule has 2 saturated heterocycles. The van der Waals surface area contributed by atoms with Crippen LogP contribution in [0.5, 0.6) is 0 Å². The number of aldehydes is 2. The maximum absolute atomic E-state index is 14.7. The van der Waals surface area contributed by atoms with Gasteiger partial charge in [0, 0.05) is 81.1 Å². The van der Waals surface area contributed by atoms with E-state index in [1.165, 1.54) is 28.6 Å². The number of carbonyl (C=O) groups is 5. The van der Waals surface area contributed by atoms with Crippen LogP contribution in [0, 0.1) is 25.6 Å². The Morgan fingerprint density at radius 1 is 0.897 bits per heavy atom. The third-order valence-corrected chi connectivity index (χ3v) is 12.1. The minimum absolute atomic E-state index is 0.0299. The summed E-state index contributed by atoms with van der Waals surface area (Å²) in [6.07, 6.45) is 6.28. The topological polar surface area (TPSA) is 160 Å². The molecule has 0 aliphatic carbocycles. The summed E-state index contributed by atoms with van der Waals surface area (Å²) < 4.78 is 14.7. The molecule has 15 heteroatoms. The molecule has 4 aliphatic heterocycles. The molecule has 3 N–H and O–H groups in total. The first-order valence-electron chi connectivity index (χ1n) is 24.4. The van der Waals surface area contributed by atoms with Crippen molar-refractivity contribution in [2.75, 3.05) is 75.0 Å². The lowest BCUT2D eigenvalue weighted by molar-refractivity contribution is -0.136. The Bertz CT molecular complexity index is 2290. The van der Waals surface area contributed by atoms with Gasteiger partial charge in [0.05, 0.1) is 29.1 Å². The molecular formula is C53H74FN9O5. The van der Waals surface area contributed by atoms with E-state index < -0.39 is 23.7 Å². The number of benzene rings is 3. The minimum atomic E-state index is -0.956. The van der Waals surface area contributed by atoms with E-state index in [1.54, 1.807) is 12.1 Å². The smallest absolute Gasteiger partial charge is 0.264 e. The third kappa shape index (κ3) is 13.3. The molecule has 2 fully saturated rings. The lowest BCUT2D eigenvalue weighted by Crippen LogP contribution is -2.50. The number of halogens is 1. The maximum atomic E-state index is 14.7. The number of rotatable bonds is 11. The average Bonchev–Trinajstić information content (AvgIpc) is 3.62. The van der Waals surface area contributed by atoms with Crippen molar-refractivity contribution in [1.29, 1.82) is 0 Å². The fourth-order valence-corrected chi connectivity index (χ4v) is 8.85. The van der Waals surface area contributed by atoms with Gasteiger partial charge in [-0.15, -0.1) is 0 Å². The van der Waals surface area contributed by atoms with Gasteiger partial charge in [-0.2, -0.15) is 0 Å². The Hall–Kier alpha value is -6.06. The largest absolute Gasteiger partial charge is 0.371 e. The summed E-state index contributed by atoms with van der Waals surface area (Å²) >= 11 is 0. The van der Waals surface area contributed by atoms with Gasteiger partial charge >= 0.3 is 0 Å². The summed E-state index contributed by atoms with van der Waals surface area (Å²) in [5.41, 5.74) is 8.18. The van der Waals surface area contributed by atoms with Crippen molar-refractivity contribution in [2.24, 2.45) is 5.92 Å². The molecule has 0 saturated carbocycles. The molecule has 1 atom stereocenters. The van der Waals surface area contributed by atoms with E-state index >= 15 is 0 Å². The van der Waals surface area contributed by atoms with Gasteiger partial charge in [0.2, 0.25) is 11.9 Å². The van der Waals surface area contributed by atoms with E-state index in [4.69, 9.17) is 0 Å². The SMILES string of the molecule is CC.CC.CNC.Cc1ccc(Nc2ncc(F)c(-c3cc(C)c4c(c3)N(C(C)C)CCC4)n2)cc1.O=CCCC(C=O)N1C(=O)c2cccc(N3CCC(C(=O)N4CCNCC4)CC3)c2C1=O. The van der Waals surface area contributed by atoms with Crippen LogP contribution in [0.3, 0.4) is 0 Å². The number of hydrogen-bond donors (Lipinski definition) is 3. The van der Waals surface area contributed by atoms with Gasteiger partial charge in [0.1, 0.15) is 18.3 Å². The molecule has 4 aliphatic rings. The summed E-state index contributed by atoms with van der Waals surface area (Å²) in [4.78, 5) is 77.2. The van der Waals surface area contributed by atoms with Crippen molar-refractivity contribution in [2.45, 2.75) is 106 Å².